The lowest BCUT2D eigenvalue weighted by Crippen LogP contribution is -2.12. The molecule has 0 amide bonds. The monoisotopic (exact) mass is 947 g/mol. The molecule has 3 aliphatic carbocycles. The number of aryl methyl sites for hydroxylation is 2. The topological polar surface area (TPSA) is 67.9 Å². The van der Waals surface area contributed by atoms with Gasteiger partial charge in [-0.3, -0.25) is 4.79 Å². The Morgan fingerprint density at radius 3 is 1.64 bits per heavy atom. The van der Waals surface area contributed by atoms with Crippen molar-refractivity contribution in [2.45, 2.75) is 96.3 Å². The van der Waals surface area contributed by atoms with E-state index in [9.17, 15) is 24.1 Å². The van der Waals surface area contributed by atoms with Gasteiger partial charge < -0.3 is 4.90 Å². The molecule has 0 aliphatic heterocycles. The number of thiophene rings is 2. The second kappa shape index (κ2) is 19.5. The molecule has 3 aliphatic rings. The summed E-state index contributed by atoms with van der Waals surface area (Å²) in [6, 6.07) is 42.6. The summed E-state index contributed by atoms with van der Waals surface area (Å²) in [4.78, 5) is 20.9. The van der Waals surface area contributed by atoms with Crippen LogP contribution in [0, 0.1) is 40.2 Å². The largest absolute Gasteiger partial charge is 0.378 e. The van der Waals surface area contributed by atoms with Crippen molar-refractivity contribution in [3.05, 3.63) is 187 Å². The molecule has 0 N–H and O–H groups in total. The number of anilines is 1. The van der Waals surface area contributed by atoms with Crippen molar-refractivity contribution in [3.63, 3.8) is 0 Å². The maximum Gasteiger partial charge on any atom is 0.171 e. The van der Waals surface area contributed by atoms with Crippen LogP contribution in [0.15, 0.2) is 115 Å². The van der Waals surface area contributed by atoms with Gasteiger partial charge in [-0.25, -0.2) is 8.78 Å². The van der Waals surface area contributed by atoms with Crippen LogP contribution < -0.4 is 4.90 Å². The number of halogens is 2. The van der Waals surface area contributed by atoms with E-state index in [0.717, 1.165) is 46.7 Å². The predicted octanol–water partition coefficient (Wildman–Crippen LogP) is 16.2. The minimum Gasteiger partial charge on any atom is -0.378 e. The van der Waals surface area contributed by atoms with Gasteiger partial charge in [0.05, 0.1) is 5.92 Å². The second-order valence-corrected chi connectivity index (χ2v) is 21.5. The summed E-state index contributed by atoms with van der Waals surface area (Å²) >= 11 is 3.51. The summed E-state index contributed by atoms with van der Waals surface area (Å²) < 4.78 is 29.3. The van der Waals surface area contributed by atoms with Gasteiger partial charge >= 0.3 is 0 Å². The molecule has 2 heterocycles. The Bertz CT molecular complexity index is 3200. The molecule has 0 saturated carbocycles. The van der Waals surface area contributed by atoms with Gasteiger partial charge in [-0.1, -0.05) is 113 Å². The number of hydrogen-bond donors (Lipinski definition) is 0. The maximum atomic E-state index is 14.7. The van der Waals surface area contributed by atoms with Gasteiger partial charge in [0.2, 0.25) is 0 Å². The second-order valence-electron chi connectivity index (χ2n) is 19.3. The number of carbonyl (C=O) groups is 1. The lowest BCUT2D eigenvalue weighted by molar-refractivity contribution is 0.0958. The number of nitrogens with zero attached hydrogens (tertiary/aromatic N) is 3. The first kappa shape index (κ1) is 46.3. The van der Waals surface area contributed by atoms with Gasteiger partial charge in [0.25, 0.3) is 0 Å². The van der Waals surface area contributed by atoms with Gasteiger partial charge in [0.15, 0.2) is 17.4 Å². The number of rotatable bonds is 16. The molecular weight excluding hydrogens is 893 g/mol. The molecule has 8 heteroatoms. The van der Waals surface area contributed by atoms with E-state index in [-0.39, 0.29) is 40.5 Å². The Labute approximate surface area is 413 Å². The van der Waals surface area contributed by atoms with Crippen molar-refractivity contribution in [2.24, 2.45) is 5.92 Å². The van der Waals surface area contributed by atoms with Crippen molar-refractivity contribution in [2.75, 3.05) is 19.0 Å². The molecule has 3 atom stereocenters. The van der Waals surface area contributed by atoms with E-state index in [1.54, 1.807) is 11.3 Å². The maximum absolute atomic E-state index is 14.7. The van der Waals surface area contributed by atoms with Crippen LogP contribution in [0.2, 0.25) is 0 Å². The summed E-state index contributed by atoms with van der Waals surface area (Å²) in [5, 5.41) is 20.1. The minimum absolute atomic E-state index is 0.00587. The standard InChI is InChI=1S/C61H55F2N3OS2/c1-5-7-9-11-13-36-15-19-39(20-16-36)56-44-30-49-45(29-48(44)60-51(56)28-43(68-60)27-50-58(41(34-64)35-65)46-31-53(62)54(63)32-47(46)59(50)67)57(40-21-17-37(18-22-40)14-12-10-8-6-2)52-33-55(69-61(49)52)38-23-25-42(26-24-38)66(3)4/h15-26,28-33,50,56-57H,5-14,27H2,1-4H3. The predicted molar refractivity (Wildman–Crippen MR) is 279 cm³/mol. The Morgan fingerprint density at radius 2 is 1.12 bits per heavy atom. The third-order valence-electron chi connectivity index (χ3n) is 14.6. The zero-order valence-corrected chi connectivity index (χ0v) is 41.4. The van der Waals surface area contributed by atoms with Crippen LogP contribution in [-0.2, 0) is 19.3 Å². The quantitative estimate of drug-likeness (QED) is 0.0715. The molecular formula is C61H55F2N3OS2. The van der Waals surface area contributed by atoms with Gasteiger partial charge in [-0.2, -0.15) is 10.5 Å². The first-order valence-electron chi connectivity index (χ1n) is 24.6. The lowest BCUT2D eigenvalue weighted by atomic mass is 9.85. The van der Waals surface area contributed by atoms with Crippen LogP contribution in [0.5, 0.6) is 0 Å². The fraction of sp³-hybridized carbons (Fsp3) is 0.295. The van der Waals surface area contributed by atoms with E-state index in [2.05, 4.69) is 130 Å². The summed E-state index contributed by atoms with van der Waals surface area (Å²) in [6.07, 6.45) is 12.1. The van der Waals surface area contributed by atoms with Crippen LogP contribution in [0.4, 0.5) is 14.5 Å². The summed E-state index contributed by atoms with van der Waals surface area (Å²) in [6.45, 7) is 4.49. The van der Waals surface area contributed by atoms with E-state index in [0.29, 0.717) is 0 Å². The van der Waals surface area contributed by atoms with Gasteiger partial charge in [-0.15, -0.1) is 22.7 Å². The molecule has 7 aromatic rings. The van der Waals surface area contributed by atoms with Crippen LogP contribution >= 0.6 is 22.7 Å². The number of carbonyl (C=O) groups excluding carboxylic acids is 1. The van der Waals surface area contributed by atoms with Crippen molar-refractivity contribution in [3.8, 4) is 43.5 Å². The highest BCUT2D eigenvalue weighted by Crippen LogP contribution is 2.60. The summed E-state index contributed by atoms with van der Waals surface area (Å²) in [7, 11) is 4.14. The molecule has 0 fully saturated rings. The summed E-state index contributed by atoms with van der Waals surface area (Å²) in [5.74, 6) is -3.63. The molecule has 10 rings (SSSR count). The number of Topliss-reactive ketones (excluding diaryl/α,β-unsaturated/α-hetero) is 1. The molecule has 346 valence electrons. The van der Waals surface area contributed by atoms with Crippen molar-refractivity contribution >= 4 is 39.7 Å². The molecule has 2 aromatic heterocycles. The Balaban J connectivity index is 1.09. The lowest BCUT2D eigenvalue weighted by Gasteiger charge is -2.19. The van der Waals surface area contributed by atoms with Crippen LogP contribution in [-0.4, -0.2) is 19.9 Å². The Kier molecular flexibility index (Phi) is 13.1. The fourth-order valence-corrected chi connectivity index (χ4v) is 13.6. The number of benzene rings is 5. The molecule has 0 bridgehead atoms. The average Bonchev–Trinajstić information content (AvgIpc) is 4.16. The Hall–Kier alpha value is -6.45. The van der Waals surface area contributed by atoms with E-state index in [4.69, 9.17) is 0 Å². The van der Waals surface area contributed by atoms with E-state index in [1.807, 2.05) is 23.5 Å². The third kappa shape index (κ3) is 8.57. The highest BCUT2D eigenvalue weighted by atomic mass is 32.1. The van der Waals surface area contributed by atoms with E-state index in [1.165, 1.54) is 116 Å². The zero-order valence-electron chi connectivity index (χ0n) is 39.7. The van der Waals surface area contributed by atoms with E-state index >= 15 is 0 Å². The van der Waals surface area contributed by atoms with Gasteiger partial charge in [0.1, 0.15) is 17.7 Å². The molecule has 0 saturated heterocycles. The molecule has 3 unspecified atom stereocenters. The minimum atomic E-state index is -1.13. The SMILES string of the molecule is CCCCCCc1ccc(C2c3cc4c(cc3-c3sc(CC5C(=O)c6cc(F)c(F)cc6C5=C(C#N)C#N)cc32)C(c2ccc(CCCCCC)cc2)c2cc(-c3ccc(N(C)C)cc3)sc2-4)cc1. The van der Waals surface area contributed by atoms with Crippen molar-refractivity contribution in [1.29, 1.82) is 10.5 Å². The van der Waals surface area contributed by atoms with Crippen molar-refractivity contribution in [1.82, 2.24) is 0 Å². The highest BCUT2D eigenvalue weighted by molar-refractivity contribution is 7.19. The molecule has 0 radical (unpaired) electrons. The third-order valence-corrected chi connectivity index (χ3v) is 17.1. The van der Waals surface area contributed by atoms with Gasteiger partial charge in [-0.05, 0) is 153 Å². The number of fused-ring (bicyclic) bond motifs is 7. The van der Waals surface area contributed by atoms with E-state index < -0.39 is 23.3 Å². The average molecular weight is 948 g/mol. The molecule has 5 aromatic carbocycles. The summed E-state index contributed by atoms with van der Waals surface area (Å²) in [5.41, 5.74) is 15.1. The number of allylic oxidation sites excluding steroid dienone is 2. The molecule has 0 spiro atoms. The number of hydrogen-bond acceptors (Lipinski definition) is 6. The first-order chi connectivity index (χ1) is 33.6. The fourth-order valence-electron chi connectivity index (χ4n) is 11.0. The van der Waals surface area contributed by atoms with Crippen molar-refractivity contribution < 1.29 is 13.6 Å². The highest BCUT2D eigenvalue weighted by Gasteiger charge is 2.42. The van der Waals surface area contributed by atoms with Crippen LogP contribution in [0.25, 0.3) is 36.9 Å². The number of ketones is 1. The molecule has 69 heavy (non-hydrogen) atoms. The Morgan fingerprint density at radius 1 is 0.594 bits per heavy atom. The number of unbranched alkanes of at least 4 members (excludes halogenated alkanes) is 6. The zero-order chi connectivity index (χ0) is 47.9. The molecule has 4 nitrogen and oxygen atoms in total. The number of nitriles is 2. The smallest absolute Gasteiger partial charge is 0.171 e. The van der Waals surface area contributed by atoms with Gasteiger partial charge in [0, 0.05) is 56.7 Å². The van der Waals surface area contributed by atoms with Crippen LogP contribution in [0.1, 0.15) is 142 Å². The normalized spacial score (nSPS) is 16.1. The van der Waals surface area contributed by atoms with Crippen LogP contribution in [0.3, 0.4) is 0 Å². The first-order valence-corrected chi connectivity index (χ1v) is 26.2.